The monoisotopic (exact) mass is 302 g/mol. The lowest BCUT2D eigenvalue weighted by atomic mass is 10.2. The topological polar surface area (TPSA) is 34.1 Å². The molecule has 0 atom stereocenters. The van der Waals surface area contributed by atoms with Crippen LogP contribution < -0.4 is 0 Å². The molecule has 0 aromatic heterocycles. The Morgan fingerprint density at radius 2 is 1.83 bits per heavy atom. The normalized spacial score (nSPS) is 12.1. The fourth-order valence-corrected chi connectivity index (χ4v) is 3.91. The van der Waals surface area contributed by atoms with Crippen molar-refractivity contribution in [2.45, 2.75) is 18.2 Å². The molecule has 100 valence electrons. The molecule has 0 spiro atoms. The van der Waals surface area contributed by atoms with Gasteiger partial charge in [-0.1, -0.05) is 17.7 Å². The molecule has 1 rings (SSSR count). The minimum absolute atomic E-state index is 0.356. The highest BCUT2D eigenvalue weighted by atomic mass is 32.2. The summed E-state index contributed by atoms with van der Waals surface area (Å²) in [7, 11) is -3.28. The van der Waals surface area contributed by atoms with Crippen molar-refractivity contribution in [1.29, 1.82) is 0 Å². The summed E-state index contributed by atoms with van der Waals surface area (Å²) < 4.78 is 23.9. The number of benzene rings is 1. The van der Waals surface area contributed by atoms with Gasteiger partial charge >= 0.3 is 0 Å². The third-order valence-corrected chi connectivity index (χ3v) is 5.44. The Labute approximate surface area is 118 Å². The summed E-state index contributed by atoms with van der Waals surface area (Å²) in [6.45, 7) is 1.94. The standard InChI is InChI=1S/C13H18O2S3/c1-12-4-6-13(7-5-12)18(14,15)11-10-17-9-3-8-16-2/h4-7,10-11H,3,8-9H2,1-2H3/b11-10+. The molecular weight excluding hydrogens is 284 g/mol. The quantitative estimate of drug-likeness (QED) is 0.719. The fourth-order valence-electron chi connectivity index (χ4n) is 1.27. The summed E-state index contributed by atoms with van der Waals surface area (Å²) in [5.41, 5.74) is 1.06. The molecule has 2 nitrogen and oxygen atoms in total. The van der Waals surface area contributed by atoms with Gasteiger partial charge in [-0.3, -0.25) is 0 Å². The van der Waals surface area contributed by atoms with E-state index in [9.17, 15) is 8.42 Å². The van der Waals surface area contributed by atoms with Gasteiger partial charge in [-0.05, 0) is 48.6 Å². The summed E-state index contributed by atoms with van der Waals surface area (Å²) in [6, 6.07) is 6.92. The van der Waals surface area contributed by atoms with Crippen LogP contribution in [-0.4, -0.2) is 26.2 Å². The molecule has 0 amide bonds. The number of rotatable bonds is 7. The first-order valence-electron chi connectivity index (χ1n) is 5.65. The van der Waals surface area contributed by atoms with Gasteiger partial charge in [0.2, 0.25) is 0 Å². The van der Waals surface area contributed by atoms with Gasteiger partial charge in [-0.2, -0.15) is 11.8 Å². The lowest BCUT2D eigenvalue weighted by Crippen LogP contribution is -1.95. The van der Waals surface area contributed by atoms with Crippen LogP contribution in [0.15, 0.2) is 40.0 Å². The van der Waals surface area contributed by atoms with E-state index in [1.807, 2.05) is 30.8 Å². The maximum absolute atomic E-state index is 11.9. The van der Waals surface area contributed by atoms with Crippen LogP contribution in [-0.2, 0) is 9.84 Å². The van der Waals surface area contributed by atoms with Crippen LogP contribution in [0.3, 0.4) is 0 Å². The van der Waals surface area contributed by atoms with Crippen LogP contribution in [0, 0.1) is 6.92 Å². The number of aryl methyl sites for hydroxylation is 1. The van der Waals surface area contributed by atoms with Crippen molar-refractivity contribution in [3.63, 3.8) is 0 Å². The van der Waals surface area contributed by atoms with Crippen LogP contribution in [0.1, 0.15) is 12.0 Å². The van der Waals surface area contributed by atoms with Gasteiger partial charge in [0.15, 0.2) is 9.84 Å². The van der Waals surface area contributed by atoms with Gasteiger partial charge in [0.1, 0.15) is 0 Å². The highest BCUT2D eigenvalue weighted by molar-refractivity contribution is 8.03. The molecule has 5 heteroatoms. The number of hydrogen-bond acceptors (Lipinski definition) is 4. The van der Waals surface area contributed by atoms with Crippen molar-refractivity contribution in [2.75, 3.05) is 17.8 Å². The van der Waals surface area contributed by atoms with Crippen molar-refractivity contribution < 1.29 is 8.42 Å². The van der Waals surface area contributed by atoms with Crippen molar-refractivity contribution in [3.8, 4) is 0 Å². The molecule has 18 heavy (non-hydrogen) atoms. The highest BCUT2D eigenvalue weighted by Gasteiger charge is 2.08. The predicted molar refractivity (Wildman–Crippen MR) is 83.0 cm³/mol. The zero-order valence-corrected chi connectivity index (χ0v) is 13.1. The van der Waals surface area contributed by atoms with Gasteiger partial charge < -0.3 is 0 Å². The Morgan fingerprint density at radius 3 is 2.44 bits per heavy atom. The molecule has 0 bridgehead atoms. The van der Waals surface area contributed by atoms with Gasteiger partial charge in [0.05, 0.1) is 4.90 Å². The van der Waals surface area contributed by atoms with Crippen LogP contribution in [0.4, 0.5) is 0 Å². The van der Waals surface area contributed by atoms with E-state index in [0.717, 1.165) is 23.5 Å². The second kappa shape index (κ2) is 7.92. The fraction of sp³-hybridized carbons (Fsp3) is 0.385. The zero-order chi connectivity index (χ0) is 13.4. The van der Waals surface area contributed by atoms with E-state index in [1.165, 1.54) is 5.41 Å². The van der Waals surface area contributed by atoms with E-state index in [4.69, 9.17) is 0 Å². The van der Waals surface area contributed by atoms with Crippen LogP contribution >= 0.6 is 23.5 Å². The Morgan fingerprint density at radius 1 is 1.17 bits per heavy atom. The molecule has 0 N–H and O–H groups in total. The van der Waals surface area contributed by atoms with Gasteiger partial charge in [0.25, 0.3) is 0 Å². The minimum atomic E-state index is -3.28. The second-order valence-corrected chi connectivity index (χ2v) is 7.68. The summed E-state index contributed by atoms with van der Waals surface area (Å²) in [5, 5.41) is 2.97. The van der Waals surface area contributed by atoms with Crippen molar-refractivity contribution in [1.82, 2.24) is 0 Å². The Hall–Kier alpha value is -0.390. The molecule has 0 saturated carbocycles. The largest absolute Gasteiger partial charge is 0.219 e. The summed E-state index contributed by atoms with van der Waals surface area (Å²) in [4.78, 5) is 0.356. The van der Waals surface area contributed by atoms with E-state index >= 15 is 0 Å². The molecule has 0 aliphatic rings. The molecule has 0 unspecified atom stereocenters. The molecule has 0 heterocycles. The van der Waals surface area contributed by atoms with E-state index in [2.05, 4.69) is 6.26 Å². The lowest BCUT2D eigenvalue weighted by Gasteiger charge is -1.99. The van der Waals surface area contributed by atoms with Gasteiger partial charge in [-0.25, -0.2) is 8.42 Å². The maximum atomic E-state index is 11.9. The number of hydrogen-bond donors (Lipinski definition) is 0. The molecule has 1 aromatic carbocycles. The van der Waals surface area contributed by atoms with Gasteiger partial charge in [-0.15, -0.1) is 11.8 Å². The lowest BCUT2D eigenvalue weighted by molar-refractivity contribution is 0.604. The van der Waals surface area contributed by atoms with Crippen LogP contribution in [0.5, 0.6) is 0 Å². The first kappa shape index (κ1) is 15.7. The summed E-state index contributed by atoms with van der Waals surface area (Å²) in [5.74, 6) is 2.08. The number of thioether (sulfide) groups is 2. The molecular formula is C13H18O2S3. The van der Waals surface area contributed by atoms with Crippen molar-refractivity contribution in [3.05, 3.63) is 40.6 Å². The Balaban J connectivity index is 2.54. The molecule has 0 fully saturated rings. The van der Waals surface area contributed by atoms with Gasteiger partial charge in [0, 0.05) is 5.41 Å². The van der Waals surface area contributed by atoms with E-state index in [-0.39, 0.29) is 0 Å². The third kappa shape index (κ3) is 5.50. The van der Waals surface area contributed by atoms with E-state index in [0.29, 0.717) is 4.90 Å². The van der Waals surface area contributed by atoms with Crippen LogP contribution in [0.2, 0.25) is 0 Å². The first-order chi connectivity index (χ1) is 8.56. The van der Waals surface area contributed by atoms with E-state index in [1.54, 1.807) is 29.3 Å². The maximum Gasteiger partial charge on any atom is 0.200 e. The Bertz CT molecular complexity index is 475. The second-order valence-electron chi connectivity index (χ2n) is 3.85. The summed E-state index contributed by atoms with van der Waals surface area (Å²) >= 11 is 3.35. The molecule has 1 aromatic rings. The average molecular weight is 302 g/mol. The third-order valence-electron chi connectivity index (χ3n) is 2.29. The molecule has 0 saturated heterocycles. The van der Waals surface area contributed by atoms with Crippen molar-refractivity contribution >= 4 is 33.4 Å². The SMILES string of the molecule is CSCCCS/C=C/S(=O)(=O)c1ccc(C)cc1. The molecule has 0 aliphatic heterocycles. The predicted octanol–water partition coefficient (Wildman–Crippen LogP) is 3.73. The number of sulfone groups is 1. The first-order valence-corrected chi connectivity index (χ1v) is 9.64. The van der Waals surface area contributed by atoms with Crippen molar-refractivity contribution in [2.24, 2.45) is 0 Å². The average Bonchev–Trinajstić information content (AvgIpc) is 2.34. The smallest absolute Gasteiger partial charge is 0.200 e. The summed E-state index contributed by atoms with van der Waals surface area (Å²) in [6.07, 6.45) is 3.17. The molecule has 0 radical (unpaired) electrons. The van der Waals surface area contributed by atoms with Crippen LogP contribution in [0.25, 0.3) is 0 Å². The van der Waals surface area contributed by atoms with E-state index < -0.39 is 9.84 Å². The highest BCUT2D eigenvalue weighted by Crippen LogP contribution is 2.15. The Kier molecular flexibility index (Phi) is 6.89. The molecule has 0 aliphatic carbocycles. The minimum Gasteiger partial charge on any atom is -0.219 e. The zero-order valence-electron chi connectivity index (χ0n) is 10.6.